The van der Waals surface area contributed by atoms with Crippen molar-refractivity contribution in [3.63, 3.8) is 0 Å². The van der Waals surface area contributed by atoms with Crippen molar-refractivity contribution in [2.75, 3.05) is 78.4 Å². The molecule has 0 saturated carbocycles. The fraction of sp³-hybridized carbons (Fsp3) is 0.842. The second-order valence-corrected chi connectivity index (χ2v) is 6.18. The van der Waals surface area contributed by atoms with Crippen LogP contribution in [-0.2, 0) is 28.5 Å². The quantitative estimate of drug-likeness (QED) is 0.117. The molecule has 0 aliphatic heterocycles. The molecule has 8 nitrogen and oxygen atoms in total. The number of hydrogen-bond acceptors (Lipinski definition) is 7. The van der Waals surface area contributed by atoms with E-state index in [0.717, 1.165) is 38.2 Å². The minimum atomic E-state index is -0.229. The van der Waals surface area contributed by atoms with Crippen LogP contribution >= 0.6 is 11.6 Å². The number of carbonyl (C=O) groups is 1. The van der Waals surface area contributed by atoms with Crippen molar-refractivity contribution in [1.82, 2.24) is 5.32 Å². The molecule has 3 N–H and O–H groups in total. The van der Waals surface area contributed by atoms with Crippen LogP contribution in [0.4, 0.5) is 0 Å². The van der Waals surface area contributed by atoms with Crippen LogP contribution < -0.4 is 11.1 Å². The van der Waals surface area contributed by atoms with Crippen LogP contribution in [0.1, 0.15) is 25.7 Å². The van der Waals surface area contributed by atoms with Gasteiger partial charge in [-0.2, -0.15) is 0 Å². The van der Waals surface area contributed by atoms with Crippen LogP contribution in [0.15, 0.2) is 12.3 Å². The summed E-state index contributed by atoms with van der Waals surface area (Å²) in [7, 11) is 0. The first kappa shape index (κ1) is 27.1. The van der Waals surface area contributed by atoms with Gasteiger partial charge in [-0.05, 0) is 12.8 Å². The largest absolute Gasteiger partial charge is 0.499 e. The maximum atomic E-state index is 11.5. The summed E-state index contributed by atoms with van der Waals surface area (Å²) in [4.78, 5) is 11.5. The van der Waals surface area contributed by atoms with Gasteiger partial charge in [-0.3, -0.25) is 4.79 Å². The molecule has 0 aromatic carbocycles. The number of ether oxygens (including phenoxy) is 5. The van der Waals surface area contributed by atoms with E-state index in [2.05, 4.69) is 5.32 Å². The van der Waals surface area contributed by atoms with Crippen LogP contribution in [0.3, 0.4) is 0 Å². The van der Waals surface area contributed by atoms with E-state index < -0.39 is 0 Å². The molecule has 0 spiro atoms. The number of nitrogens with two attached hydrogens (primary N) is 1. The molecule has 9 heteroatoms. The molecule has 0 bridgehead atoms. The molecule has 0 aliphatic rings. The zero-order chi connectivity index (χ0) is 20.5. The van der Waals surface area contributed by atoms with Gasteiger partial charge in [-0.1, -0.05) is 12.8 Å². The van der Waals surface area contributed by atoms with Crippen LogP contribution in [-0.4, -0.2) is 84.3 Å². The minimum Gasteiger partial charge on any atom is -0.499 e. The van der Waals surface area contributed by atoms with Gasteiger partial charge in [0.15, 0.2) is 0 Å². The van der Waals surface area contributed by atoms with E-state index >= 15 is 0 Å². The third kappa shape index (κ3) is 23.1. The summed E-state index contributed by atoms with van der Waals surface area (Å²) in [6.07, 6.45) is 7.10. The Morgan fingerprint density at radius 1 is 0.786 bits per heavy atom. The van der Waals surface area contributed by atoms with Crippen molar-refractivity contribution in [1.29, 1.82) is 0 Å². The topological polar surface area (TPSA) is 101 Å². The summed E-state index contributed by atoms with van der Waals surface area (Å²) in [6.45, 7) is 5.57. The van der Waals surface area contributed by atoms with Crippen LogP contribution in [0.2, 0.25) is 0 Å². The first-order valence-corrected chi connectivity index (χ1v) is 10.5. The first-order valence-electron chi connectivity index (χ1n) is 9.94. The molecule has 166 valence electrons. The SMILES string of the molecule is NCCOCCOCCOC=CC(=O)NCCOCCOCCCCCCCl. The monoisotopic (exact) mass is 424 g/mol. The van der Waals surface area contributed by atoms with Crippen LogP contribution in [0, 0.1) is 0 Å². The Labute approximate surface area is 174 Å². The molecular formula is C19H37ClN2O6. The zero-order valence-electron chi connectivity index (χ0n) is 16.9. The number of alkyl halides is 1. The molecule has 1 amide bonds. The highest BCUT2D eigenvalue weighted by Crippen LogP contribution is 2.00. The highest BCUT2D eigenvalue weighted by molar-refractivity contribution is 6.17. The molecule has 0 radical (unpaired) electrons. The summed E-state index contributed by atoms with van der Waals surface area (Å²) < 4.78 is 26.5. The lowest BCUT2D eigenvalue weighted by Crippen LogP contribution is -2.26. The van der Waals surface area contributed by atoms with E-state index in [1.165, 1.54) is 12.3 Å². The van der Waals surface area contributed by atoms with Crippen molar-refractivity contribution in [3.8, 4) is 0 Å². The number of carbonyl (C=O) groups excluding carboxylic acids is 1. The van der Waals surface area contributed by atoms with Crippen molar-refractivity contribution >= 4 is 17.5 Å². The Morgan fingerprint density at radius 3 is 2.11 bits per heavy atom. The minimum absolute atomic E-state index is 0.229. The Balaban J connectivity index is 3.23. The first-order chi connectivity index (χ1) is 13.8. The normalized spacial score (nSPS) is 11.2. The second-order valence-electron chi connectivity index (χ2n) is 5.81. The molecule has 0 saturated heterocycles. The summed E-state index contributed by atoms with van der Waals surface area (Å²) in [5.74, 6) is 0.503. The molecule has 0 atom stereocenters. The Hall–Kier alpha value is -0.900. The Kier molecular flexibility index (Phi) is 23.4. The van der Waals surface area contributed by atoms with Gasteiger partial charge in [0, 0.05) is 31.7 Å². The third-order valence-electron chi connectivity index (χ3n) is 3.39. The summed E-state index contributed by atoms with van der Waals surface area (Å²) in [5.41, 5.74) is 5.29. The van der Waals surface area contributed by atoms with Crippen molar-refractivity contribution in [3.05, 3.63) is 12.3 Å². The lowest BCUT2D eigenvalue weighted by Gasteiger charge is -2.06. The van der Waals surface area contributed by atoms with Crippen molar-refractivity contribution < 1.29 is 28.5 Å². The van der Waals surface area contributed by atoms with Gasteiger partial charge in [0.05, 0.1) is 52.5 Å². The third-order valence-corrected chi connectivity index (χ3v) is 3.65. The number of nitrogens with one attached hydrogen (secondary N) is 1. The highest BCUT2D eigenvalue weighted by atomic mass is 35.5. The fourth-order valence-corrected chi connectivity index (χ4v) is 2.16. The van der Waals surface area contributed by atoms with Gasteiger partial charge in [-0.25, -0.2) is 0 Å². The van der Waals surface area contributed by atoms with E-state index in [4.69, 9.17) is 41.0 Å². The second kappa shape index (κ2) is 24.1. The Bertz CT molecular complexity index is 361. The zero-order valence-corrected chi connectivity index (χ0v) is 17.6. The number of halogens is 1. The van der Waals surface area contributed by atoms with Gasteiger partial charge >= 0.3 is 0 Å². The predicted molar refractivity (Wildman–Crippen MR) is 110 cm³/mol. The van der Waals surface area contributed by atoms with Crippen LogP contribution in [0.5, 0.6) is 0 Å². The molecule has 0 aromatic rings. The lowest BCUT2D eigenvalue weighted by atomic mass is 10.2. The molecular weight excluding hydrogens is 388 g/mol. The van der Waals surface area contributed by atoms with E-state index in [1.54, 1.807) is 0 Å². The van der Waals surface area contributed by atoms with Crippen molar-refractivity contribution in [2.45, 2.75) is 25.7 Å². The molecule has 28 heavy (non-hydrogen) atoms. The number of rotatable bonds is 22. The van der Waals surface area contributed by atoms with Gasteiger partial charge in [0.1, 0.15) is 6.61 Å². The molecule has 0 aromatic heterocycles. The number of amides is 1. The predicted octanol–water partition coefficient (Wildman–Crippen LogP) is 1.46. The summed E-state index contributed by atoms with van der Waals surface area (Å²) >= 11 is 5.61. The standard InChI is InChI=1S/C19H37ClN2O6/c20-6-3-1-2-4-9-24-13-16-27-12-8-22-19(23)5-10-25-14-17-28-18-15-26-11-7-21/h5,10H,1-4,6-9,11-18,21H2,(H,22,23). The van der Waals surface area contributed by atoms with Crippen molar-refractivity contribution in [2.24, 2.45) is 5.73 Å². The lowest BCUT2D eigenvalue weighted by molar-refractivity contribution is -0.116. The van der Waals surface area contributed by atoms with E-state index in [0.29, 0.717) is 65.9 Å². The van der Waals surface area contributed by atoms with E-state index in [9.17, 15) is 4.79 Å². The molecule has 0 rings (SSSR count). The number of hydrogen-bond donors (Lipinski definition) is 2. The summed E-state index contributed by atoms with van der Waals surface area (Å²) in [6, 6.07) is 0. The average molecular weight is 425 g/mol. The van der Waals surface area contributed by atoms with E-state index in [1.807, 2.05) is 0 Å². The van der Waals surface area contributed by atoms with E-state index in [-0.39, 0.29) is 5.91 Å². The maximum Gasteiger partial charge on any atom is 0.247 e. The molecule has 0 unspecified atom stereocenters. The average Bonchev–Trinajstić information content (AvgIpc) is 2.70. The van der Waals surface area contributed by atoms with Gasteiger partial charge < -0.3 is 34.7 Å². The van der Waals surface area contributed by atoms with Gasteiger partial charge in [0.2, 0.25) is 5.91 Å². The molecule has 0 aliphatic carbocycles. The van der Waals surface area contributed by atoms with Gasteiger partial charge in [0.25, 0.3) is 0 Å². The van der Waals surface area contributed by atoms with Gasteiger partial charge in [-0.15, -0.1) is 11.6 Å². The number of unbranched alkanes of at least 4 members (excludes halogenated alkanes) is 3. The summed E-state index contributed by atoms with van der Waals surface area (Å²) in [5, 5.41) is 2.70. The molecule has 0 fully saturated rings. The Morgan fingerprint density at radius 2 is 1.39 bits per heavy atom. The molecule has 0 heterocycles. The van der Waals surface area contributed by atoms with Crippen LogP contribution in [0.25, 0.3) is 0 Å². The maximum absolute atomic E-state index is 11.5. The smallest absolute Gasteiger partial charge is 0.247 e. The fourth-order valence-electron chi connectivity index (χ4n) is 1.97. The highest BCUT2D eigenvalue weighted by Gasteiger charge is 1.96.